The number of unbranched alkanes of at least 4 members (excludes halogenated alkanes) is 1. The number of benzene rings is 2. The largest absolute Gasteiger partial charge is 0.332 e. The van der Waals surface area contributed by atoms with E-state index in [2.05, 4.69) is 54.3 Å². The number of hydrogen-bond donors (Lipinski definition) is 0. The van der Waals surface area contributed by atoms with Gasteiger partial charge in [-0.3, -0.25) is 14.5 Å². The quantitative estimate of drug-likeness (QED) is 0.818. The number of fused-ring (bicyclic) bond motifs is 2. The standard InChI is InChI=1S/C22H27N3O2/c1-2-3-10-24-16-21(26)25-12-11-23(15-20(25)22(24)27)14-17-8-9-18-6-4-5-7-19(18)13-17/h4-9,13,20H,2-3,10-12,14-16H2,1H3. The first-order valence-corrected chi connectivity index (χ1v) is 9.94. The normalized spacial score (nSPS) is 21.0. The number of piperazine rings is 2. The highest BCUT2D eigenvalue weighted by Gasteiger charge is 2.42. The van der Waals surface area contributed by atoms with Gasteiger partial charge in [-0.2, -0.15) is 0 Å². The number of hydrogen-bond acceptors (Lipinski definition) is 3. The molecule has 0 aromatic heterocycles. The fourth-order valence-corrected chi connectivity index (χ4v) is 4.17. The van der Waals surface area contributed by atoms with Crippen LogP contribution in [-0.4, -0.2) is 65.3 Å². The molecule has 2 aliphatic heterocycles. The molecule has 1 atom stereocenters. The average molecular weight is 365 g/mol. The summed E-state index contributed by atoms with van der Waals surface area (Å²) in [5.74, 6) is 0.215. The van der Waals surface area contributed by atoms with Gasteiger partial charge in [0.15, 0.2) is 0 Å². The van der Waals surface area contributed by atoms with Gasteiger partial charge >= 0.3 is 0 Å². The van der Waals surface area contributed by atoms with Crippen molar-refractivity contribution in [2.75, 3.05) is 32.7 Å². The van der Waals surface area contributed by atoms with Gasteiger partial charge < -0.3 is 9.80 Å². The van der Waals surface area contributed by atoms with Crippen molar-refractivity contribution >= 4 is 22.6 Å². The maximum absolute atomic E-state index is 12.9. The Morgan fingerprint density at radius 1 is 1.04 bits per heavy atom. The van der Waals surface area contributed by atoms with Gasteiger partial charge in [0.1, 0.15) is 6.04 Å². The van der Waals surface area contributed by atoms with Gasteiger partial charge in [-0.1, -0.05) is 49.7 Å². The molecule has 0 aliphatic carbocycles. The van der Waals surface area contributed by atoms with Crippen molar-refractivity contribution < 1.29 is 9.59 Å². The van der Waals surface area contributed by atoms with Gasteiger partial charge in [-0.25, -0.2) is 0 Å². The van der Waals surface area contributed by atoms with Crippen LogP contribution in [0.4, 0.5) is 0 Å². The maximum atomic E-state index is 12.9. The van der Waals surface area contributed by atoms with Crippen LogP contribution in [-0.2, 0) is 16.1 Å². The molecular weight excluding hydrogens is 338 g/mol. The summed E-state index contributed by atoms with van der Waals surface area (Å²) >= 11 is 0. The summed E-state index contributed by atoms with van der Waals surface area (Å²) in [6, 6.07) is 14.6. The van der Waals surface area contributed by atoms with Crippen LogP contribution in [0.1, 0.15) is 25.3 Å². The van der Waals surface area contributed by atoms with E-state index in [9.17, 15) is 9.59 Å². The van der Waals surface area contributed by atoms with Gasteiger partial charge in [-0.15, -0.1) is 0 Å². The molecule has 5 nitrogen and oxygen atoms in total. The van der Waals surface area contributed by atoms with E-state index in [1.807, 2.05) is 0 Å². The molecule has 2 fully saturated rings. The molecule has 5 heteroatoms. The molecule has 27 heavy (non-hydrogen) atoms. The summed E-state index contributed by atoms with van der Waals surface area (Å²) in [6.45, 7) is 5.94. The molecule has 0 bridgehead atoms. The monoisotopic (exact) mass is 365 g/mol. The molecule has 4 rings (SSSR count). The Kier molecular flexibility index (Phi) is 5.12. The van der Waals surface area contributed by atoms with Gasteiger partial charge in [0.2, 0.25) is 11.8 Å². The maximum Gasteiger partial charge on any atom is 0.247 e. The lowest BCUT2D eigenvalue weighted by atomic mass is 10.0. The predicted octanol–water partition coefficient (Wildman–Crippen LogP) is 2.49. The molecule has 0 N–H and O–H groups in total. The fourth-order valence-electron chi connectivity index (χ4n) is 4.17. The minimum absolute atomic E-state index is 0.0982. The van der Waals surface area contributed by atoms with Crippen LogP contribution in [0.5, 0.6) is 0 Å². The van der Waals surface area contributed by atoms with Crippen LogP contribution in [0.2, 0.25) is 0 Å². The van der Waals surface area contributed by atoms with Crippen LogP contribution < -0.4 is 0 Å². The van der Waals surface area contributed by atoms with E-state index in [4.69, 9.17) is 0 Å². The fraction of sp³-hybridized carbons (Fsp3) is 0.455. The van der Waals surface area contributed by atoms with Gasteiger partial charge in [0, 0.05) is 32.7 Å². The zero-order chi connectivity index (χ0) is 18.8. The summed E-state index contributed by atoms with van der Waals surface area (Å²) in [5, 5.41) is 2.48. The van der Waals surface area contributed by atoms with Crippen LogP contribution >= 0.6 is 0 Å². The molecular formula is C22H27N3O2. The first-order valence-electron chi connectivity index (χ1n) is 9.94. The highest BCUT2D eigenvalue weighted by atomic mass is 16.2. The lowest BCUT2D eigenvalue weighted by Gasteiger charge is -2.46. The molecule has 142 valence electrons. The molecule has 2 heterocycles. The number of carbonyl (C=O) groups excluding carboxylic acids is 2. The molecule has 2 aliphatic rings. The van der Waals surface area contributed by atoms with E-state index in [1.54, 1.807) is 9.80 Å². The number of amides is 2. The number of rotatable bonds is 5. The molecule has 2 amide bonds. The molecule has 0 saturated carbocycles. The Morgan fingerprint density at radius 2 is 1.85 bits per heavy atom. The Bertz CT molecular complexity index is 850. The van der Waals surface area contributed by atoms with Crippen molar-refractivity contribution in [3.63, 3.8) is 0 Å². The Morgan fingerprint density at radius 3 is 2.67 bits per heavy atom. The third-order valence-corrected chi connectivity index (χ3v) is 5.71. The van der Waals surface area contributed by atoms with Crippen molar-refractivity contribution in [2.45, 2.75) is 32.4 Å². The van der Waals surface area contributed by atoms with Crippen molar-refractivity contribution in [2.24, 2.45) is 0 Å². The second kappa shape index (κ2) is 7.69. The first-order chi connectivity index (χ1) is 13.2. The Balaban J connectivity index is 1.46. The minimum Gasteiger partial charge on any atom is -0.332 e. The zero-order valence-corrected chi connectivity index (χ0v) is 15.9. The molecule has 0 radical (unpaired) electrons. The zero-order valence-electron chi connectivity index (χ0n) is 15.9. The summed E-state index contributed by atoms with van der Waals surface area (Å²) < 4.78 is 0. The molecule has 2 saturated heterocycles. The first kappa shape index (κ1) is 18.0. The van der Waals surface area contributed by atoms with E-state index in [-0.39, 0.29) is 24.4 Å². The molecule has 2 aromatic carbocycles. The summed E-state index contributed by atoms with van der Waals surface area (Å²) in [5.41, 5.74) is 1.25. The molecule has 2 aromatic rings. The van der Waals surface area contributed by atoms with Crippen molar-refractivity contribution in [1.29, 1.82) is 0 Å². The van der Waals surface area contributed by atoms with Crippen molar-refractivity contribution in [3.05, 3.63) is 48.0 Å². The van der Waals surface area contributed by atoms with E-state index in [1.165, 1.54) is 16.3 Å². The highest BCUT2D eigenvalue weighted by molar-refractivity contribution is 5.95. The van der Waals surface area contributed by atoms with Gasteiger partial charge in [-0.05, 0) is 28.8 Å². The lowest BCUT2D eigenvalue weighted by Crippen LogP contribution is -2.66. The van der Waals surface area contributed by atoms with E-state index in [0.717, 1.165) is 25.9 Å². The minimum atomic E-state index is -0.322. The van der Waals surface area contributed by atoms with E-state index < -0.39 is 0 Å². The third kappa shape index (κ3) is 3.69. The Labute approximate surface area is 160 Å². The topological polar surface area (TPSA) is 43.9 Å². The van der Waals surface area contributed by atoms with E-state index >= 15 is 0 Å². The van der Waals surface area contributed by atoms with Gasteiger partial charge in [0.05, 0.1) is 6.54 Å². The summed E-state index contributed by atoms with van der Waals surface area (Å²) in [7, 11) is 0. The molecule has 0 spiro atoms. The third-order valence-electron chi connectivity index (χ3n) is 5.71. The predicted molar refractivity (Wildman–Crippen MR) is 106 cm³/mol. The summed E-state index contributed by atoms with van der Waals surface area (Å²) in [6.07, 6.45) is 1.98. The second-order valence-corrected chi connectivity index (χ2v) is 7.63. The second-order valence-electron chi connectivity index (χ2n) is 7.63. The van der Waals surface area contributed by atoms with Gasteiger partial charge in [0.25, 0.3) is 0 Å². The van der Waals surface area contributed by atoms with Crippen LogP contribution in [0.3, 0.4) is 0 Å². The van der Waals surface area contributed by atoms with Crippen molar-refractivity contribution in [1.82, 2.24) is 14.7 Å². The average Bonchev–Trinajstić information content (AvgIpc) is 2.69. The lowest BCUT2D eigenvalue weighted by molar-refractivity contribution is -0.159. The molecule has 1 unspecified atom stereocenters. The van der Waals surface area contributed by atoms with Crippen LogP contribution in [0.15, 0.2) is 42.5 Å². The Hall–Kier alpha value is -2.40. The smallest absolute Gasteiger partial charge is 0.247 e. The highest BCUT2D eigenvalue weighted by Crippen LogP contribution is 2.22. The van der Waals surface area contributed by atoms with E-state index in [0.29, 0.717) is 19.6 Å². The number of nitrogens with zero attached hydrogens (tertiary/aromatic N) is 3. The SMILES string of the molecule is CCCCN1CC(=O)N2CCN(Cc3ccc4ccccc4c3)CC2C1=O. The number of carbonyl (C=O) groups is 2. The van der Waals surface area contributed by atoms with Crippen LogP contribution in [0, 0.1) is 0 Å². The summed E-state index contributed by atoms with van der Waals surface area (Å²) in [4.78, 5) is 31.2. The van der Waals surface area contributed by atoms with Crippen LogP contribution in [0.25, 0.3) is 10.8 Å². The van der Waals surface area contributed by atoms with Crippen molar-refractivity contribution in [3.8, 4) is 0 Å².